The van der Waals surface area contributed by atoms with Crippen molar-refractivity contribution in [3.8, 4) is 5.19 Å². The molecule has 16 heavy (non-hydrogen) atoms. The van der Waals surface area contributed by atoms with Crippen molar-refractivity contribution < 1.29 is 13.5 Å². The summed E-state index contributed by atoms with van der Waals surface area (Å²) in [5.74, 6) is -1.79. The molecule has 0 aliphatic heterocycles. The van der Waals surface area contributed by atoms with Crippen molar-refractivity contribution >= 4 is 23.8 Å². The fraction of sp³-hybridized carbons (Fsp3) is 0.111. The highest BCUT2D eigenvalue weighted by Crippen LogP contribution is 2.16. The van der Waals surface area contributed by atoms with E-state index in [4.69, 9.17) is 17.0 Å². The summed E-state index contributed by atoms with van der Waals surface area (Å²) in [7, 11) is 0. The van der Waals surface area contributed by atoms with Gasteiger partial charge in [0.1, 0.15) is 6.61 Å². The molecule has 1 N–H and O–H groups in total. The second-order valence-corrected chi connectivity index (χ2v) is 4.03. The molecule has 1 aromatic heterocycles. The maximum Gasteiger partial charge on any atom is 0.292 e. The zero-order valence-electron chi connectivity index (χ0n) is 7.87. The number of nitrogens with one attached hydrogen (secondary N) is 1. The quantitative estimate of drug-likeness (QED) is 0.862. The fourth-order valence-corrected chi connectivity index (χ4v) is 1.82. The second-order valence-electron chi connectivity index (χ2n) is 2.89. The summed E-state index contributed by atoms with van der Waals surface area (Å²) in [6, 6.07) is 3.92. The van der Waals surface area contributed by atoms with Gasteiger partial charge < -0.3 is 4.74 Å². The predicted octanol–water partition coefficient (Wildman–Crippen LogP) is 3.06. The van der Waals surface area contributed by atoms with E-state index < -0.39 is 11.6 Å². The number of aromatic amines is 1. The average molecular weight is 260 g/mol. The van der Waals surface area contributed by atoms with Crippen LogP contribution in [0.2, 0.25) is 0 Å². The lowest BCUT2D eigenvalue weighted by Crippen LogP contribution is -2.00. The van der Waals surface area contributed by atoms with E-state index in [9.17, 15) is 8.78 Å². The highest BCUT2D eigenvalue weighted by molar-refractivity contribution is 7.71. The van der Waals surface area contributed by atoms with Crippen molar-refractivity contribution in [3.05, 3.63) is 40.2 Å². The van der Waals surface area contributed by atoms with Crippen LogP contribution >= 0.6 is 23.8 Å². The van der Waals surface area contributed by atoms with Gasteiger partial charge in [0, 0.05) is 5.56 Å². The molecular weight excluding hydrogens is 254 g/mol. The number of hydrogen-bond donors (Lipinski definition) is 1. The van der Waals surface area contributed by atoms with Crippen LogP contribution in [0, 0.1) is 16.4 Å². The highest BCUT2D eigenvalue weighted by Gasteiger charge is 2.08. The standard InChI is InChI=1S/C9H6F2N2OS2/c10-6-3-1-2-5(7(6)11)4-14-9-12-8(15)13-16-9/h1-3H,4H2,(H,13,15). The third-order valence-corrected chi connectivity index (χ3v) is 2.80. The molecule has 0 saturated carbocycles. The van der Waals surface area contributed by atoms with E-state index in [0.29, 0.717) is 9.96 Å². The molecule has 0 aliphatic rings. The van der Waals surface area contributed by atoms with E-state index >= 15 is 0 Å². The van der Waals surface area contributed by atoms with Gasteiger partial charge in [0.05, 0.1) is 0 Å². The number of nitrogens with zero attached hydrogens (tertiary/aromatic N) is 1. The summed E-state index contributed by atoms with van der Waals surface area (Å²) in [6.45, 7) is -0.0836. The van der Waals surface area contributed by atoms with E-state index in [0.717, 1.165) is 17.6 Å². The van der Waals surface area contributed by atoms with Gasteiger partial charge in [-0.05, 0) is 29.8 Å². The Kier molecular flexibility index (Phi) is 3.25. The zero-order chi connectivity index (χ0) is 11.5. The van der Waals surface area contributed by atoms with Gasteiger partial charge in [0.15, 0.2) is 11.6 Å². The summed E-state index contributed by atoms with van der Waals surface area (Å²) in [6.07, 6.45) is 0. The monoisotopic (exact) mass is 260 g/mol. The molecule has 84 valence electrons. The number of hydrogen-bond acceptors (Lipinski definition) is 4. The molecule has 0 radical (unpaired) electrons. The normalized spacial score (nSPS) is 10.4. The van der Waals surface area contributed by atoms with Crippen LogP contribution in [0.15, 0.2) is 18.2 Å². The molecule has 2 aromatic rings. The molecule has 0 atom stereocenters. The molecule has 1 aromatic carbocycles. The van der Waals surface area contributed by atoms with Gasteiger partial charge >= 0.3 is 0 Å². The maximum atomic E-state index is 13.2. The van der Waals surface area contributed by atoms with Crippen LogP contribution < -0.4 is 4.74 Å². The van der Waals surface area contributed by atoms with E-state index in [2.05, 4.69) is 9.36 Å². The highest BCUT2D eigenvalue weighted by atomic mass is 32.1. The van der Waals surface area contributed by atoms with E-state index in [1.807, 2.05) is 0 Å². The Labute approximate surface area is 98.9 Å². The average Bonchev–Trinajstić information content (AvgIpc) is 2.67. The van der Waals surface area contributed by atoms with Crippen LogP contribution in [0.25, 0.3) is 0 Å². The minimum atomic E-state index is -0.901. The predicted molar refractivity (Wildman–Crippen MR) is 58.0 cm³/mol. The fourth-order valence-electron chi connectivity index (χ4n) is 1.08. The van der Waals surface area contributed by atoms with Crippen LogP contribution in [0.1, 0.15) is 5.56 Å². The van der Waals surface area contributed by atoms with Gasteiger partial charge in [0.2, 0.25) is 4.77 Å². The van der Waals surface area contributed by atoms with Crippen LogP contribution in [0.5, 0.6) is 5.19 Å². The number of aromatic nitrogens is 2. The molecule has 0 bridgehead atoms. The molecule has 0 spiro atoms. The van der Waals surface area contributed by atoms with Crippen molar-refractivity contribution in [1.29, 1.82) is 0 Å². The van der Waals surface area contributed by atoms with E-state index in [1.165, 1.54) is 12.1 Å². The Balaban J connectivity index is 2.10. The third kappa shape index (κ3) is 2.42. The first kappa shape index (κ1) is 11.2. The molecule has 0 saturated heterocycles. The van der Waals surface area contributed by atoms with Crippen molar-refractivity contribution in [2.75, 3.05) is 0 Å². The second kappa shape index (κ2) is 4.67. The number of H-pyrrole nitrogens is 1. The molecule has 1 heterocycles. The summed E-state index contributed by atoms with van der Waals surface area (Å²) in [5, 5.41) is 0.300. The lowest BCUT2D eigenvalue weighted by molar-refractivity contribution is 0.295. The molecule has 3 nitrogen and oxygen atoms in total. The van der Waals surface area contributed by atoms with Crippen molar-refractivity contribution in [1.82, 2.24) is 9.36 Å². The molecule has 0 fully saturated rings. The molecule has 0 amide bonds. The largest absolute Gasteiger partial charge is 0.464 e. The maximum absolute atomic E-state index is 13.2. The summed E-state index contributed by atoms with van der Waals surface area (Å²) < 4.78 is 34.2. The molecular formula is C9H6F2N2OS2. The summed E-state index contributed by atoms with van der Waals surface area (Å²) >= 11 is 5.84. The van der Waals surface area contributed by atoms with Crippen LogP contribution in [-0.4, -0.2) is 9.36 Å². The molecule has 0 aliphatic carbocycles. The number of halogens is 2. The van der Waals surface area contributed by atoms with Crippen molar-refractivity contribution in [2.24, 2.45) is 0 Å². The van der Waals surface area contributed by atoms with Gasteiger partial charge in [0.25, 0.3) is 5.19 Å². The topological polar surface area (TPSA) is 37.9 Å². The SMILES string of the molecule is Fc1cccc(COc2nc(=S)[nH]s2)c1F. The molecule has 7 heteroatoms. The van der Waals surface area contributed by atoms with Gasteiger partial charge in [-0.15, -0.1) is 0 Å². The van der Waals surface area contributed by atoms with E-state index in [1.54, 1.807) is 0 Å². The van der Waals surface area contributed by atoms with Gasteiger partial charge in [-0.1, -0.05) is 12.1 Å². The first-order valence-corrected chi connectivity index (χ1v) is 5.50. The smallest absolute Gasteiger partial charge is 0.292 e. The van der Waals surface area contributed by atoms with Crippen molar-refractivity contribution in [2.45, 2.75) is 6.61 Å². The van der Waals surface area contributed by atoms with E-state index in [-0.39, 0.29) is 12.2 Å². The van der Waals surface area contributed by atoms with Gasteiger partial charge in [-0.3, -0.25) is 4.37 Å². The van der Waals surface area contributed by atoms with Gasteiger partial charge in [-0.25, -0.2) is 8.78 Å². The molecule has 0 unspecified atom stereocenters. The zero-order valence-corrected chi connectivity index (χ0v) is 9.50. The van der Waals surface area contributed by atoms with Crippen LogP contribution in [0.3, 0.4) is 0 Å². The van der Waals surface area contributed by atoms with Crippen molar-refractivity contribution in [3.63, 3.8) is 0 Å². The first-order valence-electron chi connectivity index (χ1n) is 4.28. The Hall–Kier alpha value is -1.34. The first-order chi connectivity index (χ1) is 7.66. The Morgan fingerprint density at radius 3 is 2.94 bits per heavy atom. The number of rotatable bonds is 3. The Morgan fingerprint density at radius 1 is 1.44 bits per heavy atom. The lowest BCUT2D eigenvalue weighted by atomic mass is 10.2. The van der Waals surface area contributed by atoms with Crippen LogP contribution in [0.4, 0.5) is 8.78 Å². The summed E-state index contributed by atoms with van der Waals surface area (Å²) in [5.41, 5.74) is 0.140. The Bertz CT molecular complexity index is 552. The molecule has 2 rings (SSSR count). The Morgan fingerprint density at radius 2 is 2.25 bits per heavy atom. The number of ether oxygens (including phenoxy) is 1. The minimum Gasteiger partial charge on any atom is -0.464 e. The summed E-state index contributed by atoms with van der Waals surface area (Å²) in [4.78, 5) is 3.82. The van der Waals surface area contributed by atoms with Gasteiger partial charge in [-0.2, -0.15) is 4.98 Å². The third-order valence-electron chi connectivity index (χ3n) is 1.80. The number of benzene rings is 1. The minimum absolute atomic E-state index is 0.0836. The lowest BCUT2D eigenvalue weighted by Gasteiger charge is -2.03. The van der Waals surface area contributed by atoms with Crippen LogP contribution in [-0.2, 0) is 6.61 Å².